The van der Waals surface area contributed by atoms with E-state index in [1.165, 1.54) is 0 Å². The molecular weight excluding hydrogens is 388 g/mol. The largest absolute Gasteiger partial charge is 0.497 e. The fraction of sp³-hybridized carbons (Fsp3) is 0.231. The van der Waals surface area contributed by atoms with Gasteiger partial charge >= 0.3 is 0 Å². The van der Waals surface area contributed by atoms with Crippen LogP contribution in [0.1, 0.15) is 57.3 Å². The van der Waals surface area contributed by atoms with Gasteiger partial charge in [0.05, 0.1) is 24.9 Å². The highest BCUT2D eigenvalue weighted by molar-refractivity contribution is 6.12. The first-order chi connectivity index (χ1) is 15.1. The highest BCUT2D eigenvalue weighted by atomic mass is 16.5. The van der Waals surface area contributed by atoms with Gasteiger partial charge in [0.1, 0.15) is 5.75 Å². The zero-order valence-electron chi connectivity index (χ0n) is 17.5. The number of hydrogen-bond donors (Lipinski definition) is 1. The van der Waals surface area contributed by atoms with Crippen molar-refractivity contribution in [3.05, 3.63) is 95.1 Å². The molecule has 0 bridgehead atoms. The highest BCUT2D eigenvalue weighted by Gasteiger charge is 2.49. The van der Waals surface area contributed by atoms with E-state index in [1.807, 2.05) is 77.7 Å². The van der Waals surface area contributed by atoms with Crippen molar-refractivity contribution < 1.29 is 14.3 Å². The number of carbonyl (C=O) groups excluding carboxylic acids is 2. The van der Waals surface area contributed by atoms with E-state index in [2.05, 4.69) is 12.2 Å². The number of amides is 2. The predicted octanol–water partition coefficient (Wildman–Crippen LogP) is 4.91. The quantitative estimate of drug-likeness (QED) is 0.663. The molecule has 0 aromatic heterocycles. The standard InChI is InChI=1S/C26H24N2O3/c1-3-18-23(27-25(29)16-9-5-4-6-10-16)21-15-17(31-2)13-14-22(21)28-24(18)19-11-7-8-12-20(19)26(28)30/h4-15,18,23-24H,3H2,1-2H3,(H,27,29)/t18-,23-,24-/m1/s1. The van der Waals surface area contributed by atoms with E-state index in [1.54, 1.807) is 7.11 Å². The Morgan fingerprint density at radius 3 is 2.48 bits per heavy atom. The summed E-state index contributed by atoms with van der Waals surface area (Å²) in [4.78, 5) is 28.4. The first-order valence-electron chi connectivity index (χ1n) is 10.6. The monoisotopic (exact) mass is 412 g/mol. The van der Waals surface area contributed by atoms with Crippen LogP contribution in [0.3, 0.4) is 0 Å². The number of nitrogens with zero attached hydrogens (tertiary/aromatic N) is 1. The number of ether oxygens (including phenoxy) is 1. The Bertz CT molecular complexity index is 1160. The summed E-state index contributed by atoms with van der Waals surface area (Å²) in [6, 6.07) is 22.4. The lowest BCUT2D eigenvalue weighted by molar-refractivity contribution is 0.0905. The lowest BCUT2D eigenvalue weighted by Gasteiger charge is -2.43. The lowest BCUT2D eigenvalue weighted by Crippen LogP contribution is -2.45. The fourth-order valence-corrected chi connectivity index (χ4v) is 5.03. The highest BCUT2D eigenvalue weighted by Crippen LogP contribution is 2.53. The Hall–Kier alpha value is -3.60. The summed E-state index contributed by atoms with van der Waals surface area (Å²) in [6.45, 7) is 2.11. The molecule has 3 aromatic rings. The second-order valence-electron chi connectivity index (χ2n) is 8.02. The molecule has 0 fully saturated rings. The van der Waals surface area contributed by atoms with Crippen molar-refractivity contribution in [1.82, 2.24) is 5.32 Å². The zero-order valence-corrected chi connectivity index (χ0v) is 17.5. The maximum atomic E-state index is 13.4. The van der Waals surface area contributed by atoms with Gasteiger partial charge < -0.3 is 15.0 Å². The van der Waals surface area contributed by atoms with Gasteiger partial charge in [0.2, 0.25) is 0 Å². The first-order valence-corrected chi connectivity index (χ1v) is 10.6. The van der Waals surface area contributed by atoms with Crippen LogP contribution in [0.5, 0.6) is 5.75 Å². The van der Waals surface area contributed by atoms with E-state index < -0.39 is 0 Å². The van der Waals surface area contributed by atoms with Crippen molar-refractivity contribution >= 4 is 17.5 Å². The smallest absolute Gasteiger partial charge is 0.259 e. The molecule has 31 heavy (non-hydrogen) atoms. The maximum absolute atomic E-state index is 13.4. The van der Waals surface area contributed by atoms with Crippen molar-refractivity contribution in [2.24, 2.45) is 5.92 Å². The van der Waals surface area contributed by atoms with E-state index in [0.29, 0.717) is 11.3 Å². The third kappa shape index (κ3) is 3.00. The molecule has 156 valence electrons. The molecule has 5 rings (SSSR count). The van der Waals surface area contributed by atoms with Crippen LogP contribution in [0.25, 0.3) is 0 Å². The van der Waals surface area contributed by atoms with Gasteiger partial charge in [-0.2, -0.15) is 0 Å². The van der Waals surface area contributed by atoms with Gasteiger partial charge in [0, 0.05) is 22.6 Å². The van der Waals surface area contributed by atoms with Crippen molar-refractivity contribution in [3.8, 4) is 5.75 Å². The first kappa shape index (κ1) is 19.4. The lowest BCUT2D eigenvalue weighted by atomic mass is 9.78. The van der Waals surface area contributed by atoms with E-state index in [-0.39, 0.29) is 29.8 Å². The molecule has 5 nitrogen and oxygen atoms in total. The van der Waals surface area contributed by atoms with Crippen molar-refractivity contribution in [2.75, 3.05) is 12.0 Å². The Morgan fingerprint density at radius 2 is 1.74 bits per heavy atom. The molecule has 2 heterocycles. The van der Waals surface area contributed by atoms with Crippen LogP contribution in [0.15, 0.2) is 72.8 Å². The van der Waals surface area contributed by atoms with Gasteiger partial charge in [-0.05, 0) is 48.4 Å². The Balaban J connectivity index is 1.65. The molecule has 3 aromatic carbocycles. The minimum Gasteiger partial charge on any atom is -0.497 e. The number of fused-ring (bicyclic) bond motifs is 5. The van der Waals surface area contributed by atoms with Gasteiger partial charge in [0.25, 0.3) is 11.8 Å². The molecule has 0 spiro atoms. The van der Waals surface area contributed by atoms with Crippen LogP contribution in [0, 0.1) is 5.92 Å². The zero-order chi connectivity index (χ0) is 21.5. The average molecular weight is 412 g/mol. The molecule has 2 aliphatic rings. The second kappa shape index (κ2) is 7.58. The summed E-state index contributed by atoms with van der Waals surface area (Å²) < 4.78 is 5.47. The molecule has 1 N–H and O–H groups in total. The van der Waals surface area contributed by atoms with Crippen LogP contribution >= 0.6 is 0 Å². The summed E-state index contributed by atoms with van der Waals surface area (Å²) in [5.74, 6) is 0.622. The average Bonchev–Trinajstić information content (AvgIpc) is 3.12. The number of anilines is 1. The molecular formula is C26H24N2O3. The molecule has 5 heteroatoms. The molecule has 2 aliphatic heterocycles. The van der Waals surface area contributed by atoms with Gasteiger partial charge in [-0.1, -0.05) is 43.3 Å². The molecule has 0 saturated carbocycles. The minimum atomic E-state index is -0.247. The number of methoxy groups -OCH3 is 1. The van der Waals surface area contributed by atoms with Gasteiger partial charge in [-0.3, -0.25) is 9.59 Å². The number of rotatable bonds is 4. The maximum Gasteiger partial charge on any atom is 0.259 e. The molecule has 2 amide bonds. The van der Waals surface area contributed by atoms with E-state index >= 15 is 0 Å². The number of carbonyl (C=O) groups is 2. The van der Waals surface area contributed by atoms with Crippen molar-refractivity contribution in [2.45, 2.75) is 25.4 Å². The van der Waals surface area contributed by atoms with Crippen LogP contribution < -0.4 is 15.0 Å². The SMILES string of the molecule is CC[C@@H]1[C@@H](NC(=O)c2ccccc2)c2cc(OC)ccc2N2C(=O)c3ccccc3[C@@H]12. The number of nitrogens with one attached hydrogen (secondary N) is 1. The Kier molecular flexibility index (Phi) is 4.74. The van der Waals surface area contributed by atoms with Gasteiger partial charge in [-0.15, -0.1) is 0 Å². The van der Waals surface area contributed by atoms with Crippen molar-refractivity contribution in [1.29, 1.82) is 0 Å². The molecule has 3 atom stereocenters. The normalized spacial score (nSPS) is 21.2. The third-order valence-corrected chi connectivity index (χ3v) is 6.46. The van der Waals surface area contributed by atoms with Crippen LogP contribution in [0.4, 0.5) is 5.69 Å². The molecule has 0 unspecified atom stereocenters. The summed E-state index contributed by atoms with van der Waals surface area (Å²) in [6.07, 6.45) is 0.805. The van der Waals surface area contributed by atoms with Crippen LogP contribution in [-0.2, 0) is 0 Å². The van der Waals surface area contributed by atoms with Gasteiger partial charge in [-0.25, -0.2) is 0 Å². The molecule has 0 saturated heterocycles. The summed E-state index contributed by atoms with van der Waals surface area (Å²) in [5.41, 5.74) is 4.12. The van der Waals surface area contributed by atoms with Crippen LogP contribution in [-0.4, -0.2) is 18.9 Å². The second-order valence-corrected chi connectivity index (χ2v) is 8.02. The van der Waals surface area contributed by atoms with E-state index in [4.69, 9.17) is 4.74 Å². The van der Waals surface area contributed by atoms with Crippen LogP contribution in [0.2, 0.25) is 0 Å². The fourth-order valence-electron chi connectivity index (χ4n) is 5.03. The Morgan fingerprint density at radius 1 is 1.00 bits per heavy atom. The topological polar surface area (TPSA) is 58.6 Å². The Labute approximate surface area is 181 Å². The summed E-state index contributed by atoms with van der Waals surface area (Å²) in [7, 11) is 1.62. The summed E-state index contributed by atoms with van der Waals surface area (Å²) >= 11 is 0. The van der Waals surface area contributed by atoms with E-state index in [9.17, 15) is 9.59 Å². The van der Waals surface area contributed by atoms with Crippen molar-refractivity contribution in [3.63, 3.8) is 0 Å². The minimum absolute atomic E-state index is 0.0123. The van der Waals surface area contributed by atoms with E-state index in [0.717, 1.165) is 28.8 Å². The number of benzene rings is 3. The number of hydrogen-bond acceptors (Lipinski definition) is 3. The molecule has 0 radical (unpaired) electrons. The summed E-state index contributed by atoms with van der Waals surface area (Å²) in [5, 5.41) is 3.27. The molecule has 0 aliphatic carbocycles. The van der Waals surface area contributed by atoms with Gasteiger partial charge in [0.15, 0.2) is 0 Å². The third-order valence-electron chi connectivity index (χ3n) is 6.46. The predicted molar refractivity (Wildman–Crippen MR) is 119 cm³/mol.